The number of carbonyl (C=O) groups is 2. The summed E-state index contributed by atoms with van der Waals surface area (Å²) in [6.45, 7) is 2.18. The monoisotopic (exact) mass is 418 g/mol. The first-order valence-electron chi connectivity index (χ1n) is 8.37. The SMILES string of the molecule is Cc1ccc(S(=O)(=O)NCCOc2ccc(/C=C3\SC(=O)NC3=O)cc2)cc1. The summed E-state index contributed by atoms with van der Waals surface area (Å²) in [5.41, 5.74) is 1.74. The first kappa shape index (κ1) is 20.1. The summed E-state index contributed by atoms with van der Waals surface area (Å²) in [4.78, 5) is 23.2. The summed E-state index contributed by atoms with van der Waals surface area (Å²) < 4.78 is 32.4. The summed E-state index contributed by atoms with van der Waals surface area (Å²) in [6, 6.07) is 13.5. The first-order valence-corrected chi connectivity index (χ1v) is 10.7. The van der Waals surface area contributed by atoms with Crippen molar-refractivity contribution in [1.82, 2.24) is 10.0 Å². The van der Waals surface area contributed by atoms with Gasteiger partial charge in [0.2, 0.25) is 10.0 Å². The topological polar surface area (TPSA) is 102 Å². The lowest BCUT2D eigenvalue weighted by atomic mass is 10.2. The van der Waals surface area contributed by atoms with Gasteiger partial charge >= 0.3 is 0 Å². The van der Waals surface area contributed by atoms with Crippen molar-refractivity contribution in [3.8, 4) is 5.75 Å². The molecule has 9 heteroatoms. The van der Waals surface area contributed by atoms with Crippen molar-refractivity contribution in [2.24, 2.45) is 0 Å². The van der Waals surface area contributed by atoms with Gasteiger partial charge in [-0.2, -0.15) is 0 Å². The molecule has 7 nitrogen and oxygen atoms in total. The van der Waals surface area contributed by atoms with E-state index in [9.17, 15) is 18.0 Å². The van der Waals surface area contributed by atoms with Crippen molar-refractivity contribution in [3.63, 3.8) is 0 Å². The molecule has 2 N–H and O–H groups in total. The molecule has 0 spiro atoms. The average Bonchev–Trinajstić information content (AvgIpc) is 2.97. The van der Waals surface area contributed by atoms with E-state index in [2.05, 4.69) is 10.0 Å². The van der Waals surface area contributed by atoms with Crippen LogP contribution in [0.5, 0.6) is 5.75 Å². The van der Waals surface area contributed by atoms with E-state index in [0.29, 0.717) is 10.7 Å². The number of imide groups is 1. The molecule has 0 radical (unpaired) electrons. The van der Waals surface area contributed by atoms with Crippen LogP contribution < -0.4 is 14.8 Å². The van der Waals surface area contributed by atoms with E-state index in [1.165, 1.54) is 0 Å². The standard InChI is InChI=1S/C19H18N2O5S2/c1-13-2-8-16(9-3-13)28(24,25)20-10-11-26-15-6-4-14(5-7-15)12-17-18(22)21-19(23)27-17/h2-9,12,20H,10-11H2,1H3,(H,21,22,23)/b17-12-. The largest absolute Gasteiger partial charge is 0.492 e. The molecule has 1 aliphatic rings. The van der Waals surface area contributed by atoms with Crippen LogP contribution >= 0.6 is 11.8 Å². The van der Waals surface area contributed by atoms with Crippen LogP contribution in [0.4, 0.5) is 4.79 Å². The Balaban J connectivity index is 1.50. The van der Waals surface area contributed by atoms with Crippen molar-refractivity contribution >= 4 is 39.0 Å². The molecule has 2 amide bonds. The Morgan fingerprint density at radius 2 is 1.75 bits per heavy atom. The van der Waals surface area contributed by atoms with Crippen LogP contribution in [-0.4, -0.2) is 32.7 Å². The smallest absolute Gasteiger partial charge is 0.290 e. The normalized spacial score (nSPS) is 15.7. The number of ether oxygens (including phenoxy) is 1. The highest BCUT2D eigenvalue weighted by Gasteiger charge is 2.24. The fourth-order valence-corrected chi connectivity index (χ4v) is 4.07. The molecule has 1 heterocycles. The van der Waals surface area contributed by atoms with Crippen molar-refractivity contribution in [2.45, 2.75) is 11.8 Å². The lowest BCUT2D eigenvalue weighted by molar-refractivity contribution is -0.115. The highest BCUT2D eigenvalue weighted by Crippen LogP contribution is 2.26. The fourth-order valence-electron chi connectivity index (χ4n) is 2.38. The minimum absolute atomic E-state index is 0.126. The lowest BCUT2D eigenvalue weighted by Crippen LogP contribution is -2.28. The third-order valence-electron chi connectivity index (χ3n) is 3.81. The summed E-state index contributed by atoms with van der Waals surface area (Å²) >= 11 is 0.856. The van der Waals surface area contributed by atoms with Crippen LogP contribution in [0.1, 0.15) is 11.1 Å². The number of benzene rings is 2. The first-order chi connectivity index (χ1) is 13.3. The number of thioether (sulfide) groups is 1. The number of nitrogens with one attached hydrogen (secondary N) is 2. The van der Waals surface area contributed by atoms with Gasteiger partial charge in [0.1, 0.15) is 12.4 Å². The quantitative estimate of drug-likeness (QED) is 0.530. The Bertz CT molecular complexity index is 1010. The summed E-state index contributed by atoms with van der Waals surface area (Å²) in [7, 11) is -3.57. The Hall–Kier alpha value is -2.62. The van der Waals surface area contributed by atoms with Crippen molar-refractivity contribution in [2.75, 3.05) is 13.2 Å². The van der Waals surface area contributed by atoms with Gasteiger partial charge in [-0.1, -0.05) is 29.8 Å². The molecule has 1 fully saturated rings. The lowest BCUT2D eigenvalue weighted by Gasteiger charge is -2.09. The van der Waals surface area contributed by atoms with E-state index < -0.39 is 15.9 Å². The molecule has 0 bridgehead atoms. The summed E-state index contributed by atoms with van der Waals surface area (Å²) in [5, 5.41) is 1.81. The Morgan fingerprint density at radius 1 is 1.07 bits per heavy atom. The molecule has 0 atom stereocenters. The van der Waals surface area contributed by atoms with Gasteiger partial charge in [0, 0.05) is 6.54 Å². The van der Waals surface area contributed by atoms with E-state index in [1.807, 2.05) is 6.92 Å². The van der Waals surface area contributed by atoms with Gasteiger partial charge in [0.15, 0.2) is 0 Å². The van der Waals surface area contributed by atoms with Gasteiger partial charge in [-0.05, 0) is 54.6 Å². The number of amides is 2. The molecule has 0 unspecified atom stereocenters. The second-order valence-corrected chi connectivity index (χ2v) is 8.76. The number of carbonyl (C=O) groups excluding carboxylic acids is 2. The van der Waals surface area contributed by atoms with Crippen LogP contribution in [0.3, 0.4) is 0 Å². The van der Waals surface area contributed by atoms with E-state index in [4.69, 9.17) is 4.74 Å². The van der Waals surface area contributed by atoms with Gasteiger partial charge in [-0.25, -0.2) is 13.1 Å². The predicted octanol–water partition coefficient (Wildman–Crippen LogP) is 2.68. The highest BCUT2D eigenvalue weighted by molar-refractivity contribution is 8.18. The van der Waals surface area contributed by atoms with Crippen LogP contribution in [-0.2, 0) is 14.8 Å². The predicted molar refractivity (Wildman–Crippen MR) is 107 cm³/mol. The molecule has 3 rings (SSSR count). The van der Waals surface area contributed by atoms with E-state index in [1.54, 1.807) is 54.6 Å². The van der Waals surface area contributed by atoms with Gasteiger partial charge in [-0.3, -0.25) is 14.9 Å². The summed E-state index contributed by atoms with van der Waals surface area (Å²) in [5.74, 6) is 0.160. The molecule has 28 heavy (non-hydrogen) atoms. The van der Waals surface area contributed by atoms with Gasteiger partial charge in [0.05, 0.1) is 9.80 Å². The Labute approximate surface area is 167 Å². The van der Waals surface area contributed by atoms with Crippen molar-refractivity contribution in [1.29, 1.82) is 0 Å². The minimum atomic E-state index is -3.57. The number of rotatable bonds is 7. The van der Waals surface area contributed by atoms with E-state index >= 15 is 0 Å². The minimum Gasteiger partial charge on any atom is -0.492 e. The molecule has 0 aliphatic carbocycles. The third kappa shape index (κ3) is 5.22. The molecule has 0 aromatic heterocycles. The number of hydrogen-bond donors (Lipinski definition) is 2. The van der Waals surface area contributed by atoms with Gasteiger partial charge in [0.25, 0.3) is 11.1 Å². The maximum absolute atomic E-state index is 12.2. The van der Waals surface area contributed by atoms with Crippen LogP contribution in [0, 0.1) is 6.92 Å². The second kappa shape index (κ2) is 8.59. The van der Waals surface area contributed by atoms with E-state index in [0.717, 1.165) is 22.9 Å². The summed E-state index contributed by atoms with van der Waals surface area (Å²) in [6.07, 6.45) is 1.62. The average molecular weight is 418 g/mol. The maximum atomic E-state index is 12.2. The van der Waals surface area contributed by atoms with E-state index in [-0.39, 0.29) is 23.3 Å². The van der Waals surface area contributed by atoms with Gasteiger partial charge < -0.3 is 4.74 Å². The number of hydrogen-bond acceptors (Lipinski definition) is 6. The molecule has 146 valence electrons. The Morgan fingerprint density at radius 3 is 2.36 bits per heavy atom. The number of sulfonamides is 1. The highest BCUT2D eigenvalue weighted by atomic mass is 32.2. The molecule has 1 saturated heterocycles. The third-order valence-corrected chi connectivity index (χ3v) is 6.10. The molecular formula is C19H18N2O5S2. The number of aryl methyl sites for hydroxylation is 1. The second-order valence-electron chi connectivity index (χ2n) is 5.98. The zero-order chi connectivity index (χ0) is 20.1. The maximum Gasteiger partial charge on any atom is 0.290 e. The molecular weight excluding hydrogens is 400 g/mol. The molecule has 2 aromatic rings. The zero-order valence-corrected chi connectivity index (χ0v) is 16.6. The fraction of sp³-hybridized carbons (Fsp3) is 0.158. The molecule has 0 saturated carbocycles. The Kier molecular flexibility index (Phi) is 6.18. The van der Waals surface area contributed by atoms with Crippen LogP contribution in [0.15, 0.2) is 58.3 Å². The van der Waals surface area contributed by atoms with Crippen LogP contribution in [0.25, 0.3) is 6.08 Å². The van der Waals surface area contributed by atoms with Crippen molar-refractivity contribution in [3.05, 3.63) is 64.6 Å². The molecule has 1 aliphatic heterocycles. The van der Waals surface area contributed by atoms with Gasteiger partial charge in [-0.15, -0.1) is 0 Å². The van der Waals surface area contributed by atoms with Crippen LogP contribution in [0.2, 0.25) is 0 Å². The zero-order valence-electron chi connectivity index (χ0n) is 15.0. The molecule has 2 aromatic carbocycles. The van der Waals surface area contributed by atoms with Crippen molar-refractivity contribution < 1.29 is 22.7 Å².